The summed E-state index contributed by atoms with van der Waals surface area (Å²) in [7, 11) is 3.70. The van der Waals surface area contributed by atoms with Gasteiger partial charge in [-0.2, -0.15) is 5.10 Å². The second-order valence-corrected chi connectivity index (χ2v) is 2.29. The number of hydrogen-bond acceptors (Lipinski definition) is 2. The summed E-state index contributed by atoms with van der Waals surface area (Å²) in [5, 5.41) is 5.64. The molecule has 0 aromatic heterocycles. The second-order valence-electron chi connectivity index (χ2n) is 1.47. The zero-order valence-electron chi connectivity index (χ0n) is 5.06. The Bertz CT molecular complexity index is 107. The Morgan fingerprint density at radius 3 is 2.38 bits per heavy atom. The summed E-state index contributed by atoms with van der Waals surface area (Å²) in [4.78, 5) is 0. The van der Waals surface area contributed by atoms with E-state index in [4.69, 9.17) is 0 Å². The van der Waals surface area contributed by atoms with Crippen molar-refractivity contribution in [2.45, 2.75) is 0 Å². The van der Waals surface area contributed by atoms with E-state index in [0.717, 1.165) is 4.62 Å². The summed E-state index contributed by atoms with van der Waals surface area (Å²) in [6.07, 6.45) is 1.64. The van der Waals surface area contributed by atoms with Gasteiger partial charge in [-0.1, -0.05) is 6.58 Å². The van der Waals surface area contributed by atoms with Crippen LogP contribution in [0.4, 0.5) is 0 Å². The van der Waals surface area contributed by atoms with Crippen molar-refractivity contribution in [3.63, 3.8) is 0 Å². The minimum Gasteiger partial charge on any atom is -0.302 e. The Hall–Kier alpha value is -0.310. The van der Waals surface area contributed by atoms with Gasteiger partial charge in [-0.05, 0) is 22.0 Å². The number of hydrazone groups is 1. The predicted molar refractivity (Wildman–Crippen MR) is 40.2 cm³/mol. The van der Waals surface area contributed by atoms with Crippen molar-refractivity contribution in [2.75, 3.05) is 14.1 Å². The molecule has 2 nitrogen and oxygen atoms in total. The molecule has 0 amide bonds. The molecule has 0 rings (SSSR count). The lowest BCUT2D eigenvalue weighted by Gasteiger charge is -2.01. The fourth-order valence-electron chi connectivity index (χ4n) is 0.232. The van der Waals surface area contributed by atoms with E-state index in [2.05, 4.69) is 27.6 Å². The Kier molecular flexibility index (Phi) is 3.52. The van der Waals surface area contributed by atoms with Crippen LogP contribution in [0.2, 0.25) is 0 Å². The molecule has 0 heterocycles. The van der Waals surface area contributed by atoms with Crippen molar-refractivity contribution in [1.82, 2.24) is 5.01 Å². The zero-order chi connectivity index (χ0) is 6.57. The molecule has 0 aromatic carbocycles. The lowest BCUT2D eigenvalue weighted by molar-refractivity contribution is 0.440. The highest BCUT2D eigenvalue weighted by Gasteiger charge is 1.82. The Morgan fingerprint density at radius 2 is 2.25 bits per heavy atom. The first kappa shape index (κ1) is 7.69. The van der Waals surface area contributed by atoms with E-state index in [9.17, 15) is 0 Å². The maximum absolute atomic E-state index is 3.94. The van der Waals surface area contributed by atoms with Gasteiger partial charge in [0.05, 0.1) is 0 Å². The molecule has 0 bridgehead atoms. The van der Waals surface area contributed by atoms with Gasteiger partial charge in [0, 0.05) is 14.1 Å². The normalized spacial score (nSPS) is 11.1. The molecule has 3 heteroatoms. The molecule has 0 aliphatic rings. The van der Waals surface area contributed by atoms with Crippen LogP contribution in [0.25, 0.3) is 0 Å². The van der Waals surface area contributed by atoms with E-state index >= 15 is 0 Å². The number of nitrogens with zero attached hydrogens (tertiary/aromatic N) is 2. The average Bonchev–Trinajstić information content (AvgIpc) is 1.65. The largest absolute Gasteiger partial charge is 0.302 e. The van der Waals surface area contributed by atoms with Crippen molar-refractivity contribution >= 4 is 20.6 Å². The molecule has 0 aliphatic heterocycles. The van der Waals surface area contributed by atoms with Crippen LogP contribution >= 0.6 is 15.9 Å². The monoisotopic (exact) mass is 176 g/mol. The van der Waals surface area contributed by atoms with Crippen molar-refractivity contribution in [2.24, 2.45) is 5.10 Å². The van der Waals surface area contributed by atoms with E-state index in [0.29, 0.717) is 0 Å². The summed E-state index contributed by atoms with van der Waals surface area (Å²) in [6.45, 7) is 3.51. The molecule has 0 fully saturated rings. The van der Waals surface area contributed by atoms with Crippen LogP contribution in [0, 0.1) is 0 Å². The summed E-state index contributed by atoms with van der Waals surface area (Å²) in [5.41, 5.74) is 0. The fraction of sp³-hybridized carbons (Fsp3) is 0.400. The molecular weight excluding hydrogens is 168 g/mol. The van der Waals surface area contributed by atoms with E-state index in [-0.39, 0.29) is 0 Å². The highest BCUT2D eigenvalue weighted by atomic mass is 79.9. The van der Waals surface area contributed by atoms with Crippen LogP contribution in [0.1, 0.15) is 0 Å². The zero-order valence-corrected chi connectivity index (χ0v) is 6.64. The maximum atomic E-state index is 3.94. The SMILES string of the molecule is C=C/C(Br)=N\N(C)C. The first-order chi connectivity index (χ1) is 3.66. The van der Waals surface area contributed by atoms with Crippen molar-refractivity contribution in [3.05, 3.63) is 12.7 Å². The summed E-state index contributed by atoms with van der Waals surface area (Å²) >= 11 is 3.17. The van der Waals surface area contributed by atoms with Gasteiger partial charge < -0.3 is 5.01 Å². The molecule has 0 atom stereocenters. The number of rotatable bonds is 2. The molecule has 0 radical (unpaired) electrons. The predicted octanol–water partition coefficient (Wildman–Crippen LogP) is 1.44. The smallest absolute Gasteiger partial charge is 0.125 e. The summed E-state index contributed by atoms with van der Waals surface area (Å²) in [6, 6.07) is 0. The molecule has 0 unspecified atom stereocenters. The molecule has 46 valence electrons. The van der Waals surface area contributed by atoms with Gasteiger partial charge in [0.1, 0.15) is 4.62 Å². The second kappa shape index (κ2) is 3.66. The van der Waals surface area contributed by atoms with E-state index < -0.39 is 0 Å². The molecule has 0 saturated carbocycles. The van der Waals surface area contributed by atoms with Gasteiger partial charge in [-0.15, -0.1) is 0 Å². The quantitative estimate of drug-likeness (QED) is 0.460. The number of halogens is 1. The highest BCUT2D eigenvalue weighted by Crippen LogP contribution is 1.90. The van der Waals surface area contributed by atoms with Crippen LogP contribution < -0.4 is 0 Å². The van der Waals surface area contributed by atoms with Gasteiger partial charge in [0.25, 0.3) is 0 Å². The highest BCUT2D eigenvalue weighted by molar-refractivity contribution is 9.18. The van der Waals surface area contributed by atoms with Crippen molar-refractivity contribution in [3.8, 4) is 0 Å². The molecule has 8 heavy (non-hydrogen) atoms. The van der Waals surface area contributed by atoms with Gasteiger partial charge in [-0.25, -0.2) is 0 Å². The third-order valence-electron chi connectivity index (χ3n) is 0.464. The first-order valence-electron chi connectivity index (χ1n) is 2.20. The van der Waals surface area contributed by atoms with Gasteiger partial charge in [0.2, 0.25) is 0 Å². The van der Waals surface area contributed by atoms with Crippen LogP contribution in [0.15, 0.2) is 17.8 Å². The lowest BCUT2D eigenvalue weighted by Crippen LogP contribution is -2.02. The van der Waals surface area contributed by atoms with Crippen LogP contribution in [-0.4, -0.2) is 23.7 Å². The Labute approximate surface area is 58.0 Å². The molecule has 0 spiro atoms. The third-order valence-corrected chi connectivity index (χ3v) is 0.946. The standard InChI is InChI=1S/C5H9BrN2/c1-4-5(6)7-8(2)3/h4H,1H2,2-3H3/b7-5+. The van der Waals surface area contributed by atoms with Crippen molar-refractivity contribution in [1.29, 1.82) is 0 Å². The van der Waals surface area contributed by atoms with Gasteiger partial charge in [0.15, 0.2) is 0 Å². The molecule has 0 N–H and O–H groups in total. The summed E-state index contributed by atoms with van der Waals surface area (Å²) < 4.78 is 0.752. The summed E-state index contributed by atoms with van der Waals surface area (Å²) in [5.74, 6) is 0. The van der Waals surface area contributed by atoms with Gasteiger partial charge in [-0.3, -0.25) is 0 Å². The molecule has 0 aliphatic carbocycles. The van der Waals surface area contributed by atoms with Crippen molar-refractivity contribution < 1.29 is 0 Å². The lowest BCUT2D eigenvalue weighted by atomic mass is 10.7. The Morgan fingerprint density at radius 1 is 1.75 bits per heavy atom. The topological polar surface area (TPSA) is 15.6 Å². The average molecular weight is 177 g/mol. The molecular formula is C5H9BrN2. The first-order valence-corrected chi connectivity index (χ1v) is 3.00. The molecule has 0 saturated heterocycles. The number of hydrogen-bond donors (Lipinski definition) is 0. The van der Waals surface area contributed by atoms with Crippen LogP contribution in [0.3, 0.4) is 0 Å². The Balaban J connectivity index is 3.74. The van der Waals surface area contributed by atoms with E-state index in [1.54, 1.807) is 11.1 Å². The fourth-order valence-corrected chi connectivity index (χ4v) is 0.549. The minimum absolute atomic E-state index is 0.752. The van der Waals surface area contributed by atoms with Gasteiger partial charge >= 0.3 is 0 Å². The van der Waals surface area contributed by atoms with E-state index in [1.807, 2.05) is 14.1 Å². The third kappa shape index (κ3) is 3.87. The molecule has 0 aromatic rings. The van der Waals surface area contributed by atoms with Crippen LogP contribution in [0.5, 0.6) is 0 Å². The van der Waals surface area contributed by atoms with Crippen LogP contribution in [-0.2, 0) is 0 Å². The van der Waals surface area contributed by atoms with E-state index in [1.165, 1.54) is 0 Å². The number of allylic oxidation sites excluding steroid dienone is 1. The minimum atomic E-state index is 0.752. The maximum Gasteiger partial charge on any atom is 0.125 e.